The number of para-hydroxylation sites is 2. The molecule has 158 valence electrons. The van der Waals surface area contributed by atoms with Gasteiger partial charge in [-0.15, -0.1) is 0 Å². The Balaban J connectivity index is 1.66. The second-order valence-corrected chi connectivity index (χ2v) is 9.82. The standard InChI is InChI=1S/C22H29NO5S/c1-17-7-9-18(10-8-17)13-23(19-11-12-29(25,26)16-19)14-20(24)15-28-22-6-4-3-5-21(22)27-2/h3-10,19-20,24H,11-16H2,1-2H3/t19-,20+/m1/s1. The van der Waals surface area contributed by atoms with Crippen LogP contribution in [0.2, 0.25) is 0 Å². The van der Waals surface area contributed by atoms with Gasteiger partial charge in [-0.2, -0.15) is 0 Å². The van der Waals surface area contributed by atoms with Crippen LogP contribution in [0.3, 0.4) is 0 Å². The van der Waals surface area contributed by atoms with Crippen LogP contribution in [0.5, 0.6) is 11.5 Å². The Kier molecular flexibility index (Phi) is 7.16. The van der Waals surface area contributed by atoms with Crippen molar-refractivity contribution in [3.8, 4) is 11.5 Å². The molecule has 0 saturated carbocycles. The molecule has 0 spiro atoms. The maximum Gasteiger partial charge on any atom is 0.161 e. The molecular formula is C22H29NO5S. The van der Waals surface area contributed by atoms with Gasteiger partial charge in [-0.1, -0.05) is 42.0 Å². The number of hydrogen-bond donors (Lipinski definition) is 1. The van der Waals surface area contributed by atoms with E-state index in [1.807, 2.05) is 43.3 Å². The summed E-state index contributed by atoms with van der Waals surface area (Å²) in [6, 6.07) is 15.4. The number of aryl methyl sites for hydroxylation is 1. The topological polar surface area (TPSA) is 76.1 Å². The third-order valence-corrected chi connectivity index (χ3v) is 6.93. The van der Waals surface area contributed by atoms with Gasteiger partial charge in [0, 0.05) is 19.1 Å². The molecular weight excluding hydrogens is 390 g/mol. The van der Waals surface area contributed by atoms with E-state index in [0.717, 1.165) is 5.56 Å². The third kappa shape index (κ3) is 6.19. The number of ether oxygens (including phenoxy) is 2. The molecule has 1 aliphatic rings. The van der Waals surface area contributed by atoms with Crippen LogP contribution in [-0.4, -0.2) is 62.3 Å². The first kappa shape index (κ1) is 21.6. The van der Waals surface area contributed by atoms with Crippen molar-refractivity contribution in [2.24, 2.45) is 0 Å². The van der Waals surface area contributed by atoms with Crippen LogP contribution in [0, 0.1) is 6.92 Å². The molecule has 29 heavy (non-hydrogen) atoms. The molecule has 6 nitrogen and oxygen atoms in total. The zero-order chi connectivity index (χ0) is 20.9. The number of aliphatic hydroxyl groups excluding tert-OH is 1. The molecule has 0 bridgehead atoms. The average Bonchev–Trinajstić information content (AvgIpc) is 3.07. The number of rotatable bonds is 9. The number of benzene rings is 2. The van der Waals surface area contributed by atoms with Gasteiger partial charge in [-0.3, -0.25) is 4.90 Å². The number of nitrogens with zero attached hydrogens (tertiary/aromatic N) is 1. The lowest BCUT2D eigenvalue weighted by atomic mass is 10.1. The van der Waals surface area contributed by atoms with Crippen LogP contribution < -0.4 is 9.47 Å². The summed E-state index contributed by atoms with van der Waals surface area (Å²) in [5.74, 6) is 1.52. The number of sulfone groups is 1. The van der Waals surface area contributed by atoms with Gasteiger partial charge in [0.1, 0.15) is 12.7 Å². The number of hydrogen-bond acceptors (Lipinski definition) is 6. The molecule has 1 saturated heterocycles. The highest BCUT2D eigenvalue weighted by atomic mass is 32.2. The van der Waals surface area contributed by atoms with Crippen molar-refractivity contribution in [1.82, 2.24) is 4.90 Å². The zero-order valence-corrected chi connectivity index (χ0v) is 17.8. The van der Waals surface area contributed by atoms with Crippen molar-refractivity contribution >= 4 is 9.84 Å². The molecule has 0 aromatic heterocycles. The summed E-state index contributed by atoms with van der Waals surface area (Å²) in [6.07, 6.45) is -0.164. The van der Waals surface area contributed by atoms with E-state index in [-0.39, 0.29) is 24.2 Å². The first-order valence-corrected chi connectivity index (χ1v) is 11.6. The monoisotopic (exact) mass is 419 g/mol. The van der Waals surface area contributed by atoms with Crippen LogP contribution in [-0.2, 0) is 16.4 Å². The maximum absolute atomic E-state index is 12.0. The molecule has 0 aliphatic carbocycles. The Morgan fingerprint density at radius 2 is 1.83 bits per heavy atom. The molecule has 7 heteroatoms. The van der Waals surface area contributed by atoms with Crippen molar-refractivity contribution < 1.29 is 23.0 Å². The van der Waals surface area contributed by atoms with E-state index in [1.165, 1.54) is 5.56 Å². The fourth-order valence-electron chi connectivity index (χ4n) is 3.58. The largest absolute Gasteiger partial charge is 0.493 e. The summed E-state index contributed by atoms with van der Waals surface area (Å²) >= 11 is 0. The van der Waals surface area contributed by atoms with E-state index >= 15 is 0 Å². The molecule has 2 aromatic carbocycles. The average molecular weight is 420 g/mol. The Bertz CT molecular complexity index is 898. The van der Waals surface area contributed by atoms with Gasteiger partial charge in [-0.25, -0.2) is 8.42 Å². The minimum atomic E-state index is -3.01. The minimum Gasteiger partial charge on any atom is -0.493 e. The summed E-state index contributed by atoms with van der Waals surface area (Å²) in [5, 5.41) is 10.6. The van der Waals surface area contributed by atoms with E-state index in [9.17, 15) is 13.5 Å². The second kappa shape index (κ2) is 9.61. The normalized spacial score (nSPS) is 19.2. The molecule has 2 atom stereocenters. The number of methoxy groups -OCH3 is 1. The zero-order valence-electron chi connectivity index (χ0n) is 17.0. The van der Waals surface area contributed by atoms with Crippen molar-refractivity contribution in [2.45, 2.75) is 32.0 Å². The van der Waals surface area contributed by atoms with Crippen molar-refractivity contribution in [3.05, 3.63) is 59.7 Å². The molecule has 1 fully saturated rings. The minimum absolute atomic E-state index is 0.0952. The van der Waals surface area contributed by atoms with Gasteiger partial charge in [0.25, 0.3) is 0 Å². The predicted molar refractivity (Wildman–Crippen MR) is 113 cm³/mol. The third-order valence-electron chi connectivity index (χ3n) is 5.18. The predicted octanol–water partition coefficient (Wildman–Crippen LogP) is 2.43. The molecule has 1 heterocycles. The SMILES string of the molecule is COc1ccccc1OC[C@@H](O)CN(Cc1ccc(C)cc1)[C@@H]1CCS(=O)(=O)C1. The smallest absolute Gasteiger partial charge is 0.161 e. The summed E-state index contributed by atoms with van der Waals surface area (Å²) in [5.41, 5.74) is 2.27. The van der Waals surface area contributed by atoms with Crippen molar-refractivity contribution in [2.75, 3.05) is 31.8 Å². The molecule has 1 aliphatic heterocycles. The molecule has 3 rings (SSSR count). The molecule has 2 aromatic rings. The van der Waals surface area contributed by atoms with E-state index in [2.05, 4.69) is 4.90 Å². The van der Waals surface area contributed by atoms with Crippen molar-refractivity contribution in [1.29, 1.82) is 0 Å². The van der Waals surface area contributed by atoms with Gasteiger partial charge >= 0.3 is 0 Å². The lowest BCUT2D eigenvalue weighted by Crippen LogP contribution is -2.42. The lowest BCUT2D eigenvalue weighted by Gasteiger charge is -2.30. The van der Waals surface area contributed by atoms with E-state index in [1.54, 1.807) is 19.2 Å². The molecule has 0 unspecified atom stereocenters. The van der Waals surface area contributed by atoms with Crippen LogP contribution in [0.4, 0.5) is 0 Å². The fourth-order valence-corrected chi connectivity index (χ4v) is 5.34. The van der Waals surface area contributed by atoms with E-state index in [0.29, 0.717) is 31.0 Å². The molecule has 0 amide bonds. The van der Waals surface area contributed by atoms with Crippen LogP contribution in [0.1, 0.15) is 17.5 Å². The highest BCUT2D eigenvalue weighted by Crippen LogP contribution is 2.26. The van der Waals surface area contributed by atoms with E-state index in [4.69, 9.17) is 9.47 Å². The highest BCUT2D eigenvalue weighted by Gasteiger charge is 2.33. The highest BCUT2D eigenvalue weighted by molar-refractivity contribution is 7.91. The molecule has 1 N–H and O–H groups in total. The molecule has 0 radical (unpaired) electrons. The lowest BCUT2D eigenvalue weighted by molar-refractivity contribution is 0.0517. The van der Waals surface area contributed by atoms with Gasteiger partial charge < -0.3 is 14.6 Å². The van der Waals surface area contributed by atoms with Gasteiger partial charge in [0.2, 0.25) is 0 Å². The number of aliphatic hydroxyl groups is 1. The summed E-state index contributed by atoms with van der Waals surface area (Å²) < 4.78 is 35.0. The first-order chi connectivity index (χ1) is 13.9. The summed E-state index contributed by atoms with van der Waals surface area (Å²) in [6.45, 7) is 3.06. The Labute approximate surface area is 173 Å². The van der Waals surface area contributed by atoms with Gasteiger partial charge in [-0.05, 0) is 31.0 Å². The fraction of sp³-hybridized carbons (Fsp3) is 0.455. The Morgan fingerprint density at radius 3 is 2.45 bits per heavy atom. The summed E-state index contributed by atoms with van der Waals surface area (Å²) in [4.78, 5) is 2.06. The van der Waals surface area contributed by atoms with Crippen LogP contribution >= 0.6 is 0 Å². The van der Waals surface area contributed by atoms with Crippen LogP contribution in [0.25, 0.3) is 0 Å². The Morgan fingerprint density at radius 1 is 1.14 bits per heavy atom. The van der Waals surface area contributed by atoms with E-state index < -0.39 is 15.9 Å². The van der Waals surface area contributed by atoms with Crippen LogP contribution in [0.15, 0.2) is 48.5 Å². The Hall–Kier alpha value is -2.09. The maximum atomic E-state index is 12.0. The van der Waals surface area contributed by atoms with Gasteiger partial charge in [0.15, 0.2) is 21.3 Å². The van der Waals surface area contributed by atoms with Gasteiger partial charge in [0.05, 0.1) is 18.6 Å². The first-order valence-electron chi connectivity index (χ1n) is 9.80. The quantitative estimate of drug-likeness (QED) is 0.673. The second-order valence-electron chi connectivity index (χ2n) is 7.59. The van der Waals surface area contributed by atoms with Crippen molar-refractivity contribution in [3.63, 3.8) is 0 Å². The summed E-state index contributed by atoms with van der Waals surface area (Å²) in [7, 11) is -1.44.